The molecule has 2 aromatic carbocycles. The van der Waals surface area contributed by atoms with Gasteiger partial charge in [0, 0.05) is 12.1 Å². The highest BCUT2D eigenvalue weighted by molar-refractivity contribution is 5.79. The van der Waals surface area contributed by atoms with E-state index in [-0.39, 0.29) is 5.56 Å². The lowest BCUT2D eigenvalue weighted by molar-refractivity contribution is 0.767. The van der Waals surface area contributed by atoms with Crippen molar-refractivity contribution < 1.29 is 0 Å². The van der Waals surface area contributed by atoms with E-state index in [0.717, 1.165) is 16.6 Å². The number of nitrogens with zero attached hydrogens (tertiary/aromatic N) is 4. The molecule has 0 atom stereocenters. The summed E-state index contributed by atoms with van der Waals surface area (Å²) >= 11 is 0. The van der Waals surface area contributed by atoms with Crippen LogP contribution in [-0.4, -0.2) is 19.5 Å². The lowest BCUT2D eigenvalue weighted by Crippen LogP contribution is -2.20. The summed E-state index contributed by atoms with van der Waals surface area (Å²) in [4.78, 5) is 25.6. The zero-order valence-corrected chi connectivity index (χ0v) is 12.6. The predicted molar refractivity (Wildman–Crippen MR) is 89.3 cm³/mol. The summed E-state index contributed by atoms with van der Waals surface area (Å²) in [7, 11) is 0. The van der Waals surface area contributed by atoms with Crippen molar-refractivity contribution in [1.82, 2.24) is 19.5 Å². The van der Waals surface area contributed by atoms with Crippen LogP contribution in [0.1, 0.15) is 6.92 Å². The summed E-state index contributed by atoms with van der Waals surface area (Å²) in [6.07, 6.45) is 0. The molecule has 0 saturated heterocycles. The molecule has 2 aliphatic heterocycles. The average molecular weight is 302 g/mol. The largest absolute Gasteiger partial charge is 0.323 e. The van der Waals surface area contributed by atoms with Gasteiger partial charge in [0.2, 0.25) is 0 Å². The Balaban J connectivity index is 2.11. The van der Waals surface area contributed by atoms with Gasteiger partial charge in [-0.3, -0.25) is 4.79 Å². The summed E-state index contributed by atoms with van der Waals surface area (Å²) in [5.41, 5.74) is 2.52. The Morgan fingerprint density at radius 2 is 1.65 bits per heavy atom. The third-order valence-corrected chi connectivity index (χ3v) is 3.84. The van der Waals surface area contributed by atoms with Crippen LogP contribution in [0.2, 0.25) is 0 Å². The number of benzene rings is 2. The van der Waals surface area contributed by atoms with Crippen LogP contribution in [0, 0.1) is 0 Å². The molecule has 0 radical (unpaired) electrons. The van der Waals surface area contributed by atoms with E-state index in [1.807, 2.05) is 66.1 Å². The Morgan fingerprint density at radius 1 is 0.913 bits per heavy atom. The number of hydrogen-bond acceptors (Lipinski definition) is 4. The third-order valence-electron chi connectivity index (χ3n) is 3.84. The summed E-state index contributed by atoms with van der Waals surface area (Å²) in [5.74, 6) is 1.01. The second-order valence-electron chi connectivity index (χ2n) is 5.24. The van der Waals surface area contributed by atoms with E-state index < -0.39 is 0 Å². The number of hydrogen-bond donors (Lipinski definition) is 0. The molecule has 23 heavy (non-hydrogen) atoms. The minimum Gasteiger partial charge on any atom is -0.323 e. The van der Waals surface area contributed by atoms with Crippen LogP contribution in [0.15, 0.2) is 59.4 Å². The van der Waals surface area contributed by atoms with E-state index in [4.69, 9.17) is 0 Å². The van der Waals surface area contributed by atoms with Gasteiger partial charge in [-0.25, -0.2) is 9.97 Å². The van der Waals surface area contributed by atoms with Crippen LogP contribution in [0.3, 0.4) is 0 Å². The number of aryl methyl sites for hydroxylation is 1. The molecule has 0 saturated carbocycles. The Kier molecular flexibility index (Phi) is 3.12. The summed E-state index contributed by atoms with van der Waals surface area (Å²) in [6.45, 7) is 2.73. The highest BCUT2D eigenvalue weighted by Crippen LogP contribution is 2.23. The first-order chi connectivity index (χ1) is 11.3. The topological polar surface area (TPSA) is 60.7 Å². The second kappa shape index (κ2) is 5.28. The van der Waals surface area contributed by atoms with E-state index in [1.54, 1.807) is 0 Å². The van der Waals surface area contributed by atoms with Crippen LogP contribution >= 0.6 is 0 Å². The number of fused-ring (bicyclic) bond motifs is 2. The van der Waals surface area contributed by atoms with Gasteiger partial charge in [-0.15, -0.1) is 0 Å². The normalized spacial score (nSPS) is 11.2. The van der Waals surface area contributed by atoms with Crippen LogP contribution in [0.4, 0.5) is 0 Å². The SMILES string of the molecule is CCn1c2nc(-c3ccccc3)nc(=O)c-2nc2ccccc21. The van der Waals surface area contributed by atoms with Gasteiger partial charge in [-0.1, -0.05) is 42.5 Å². The number of para-hydroxylation sites is 2. The molecule has 2 heterocycles. The maximum Gasteiger partial charge on any atom is 0.301 e. The van der Waals surface area contributed by atoms with Gasteiger partial charge in [0.05, 0.1) is 11.0 Å². The molecule has 2 aliphatic rings. The maximum absolute atomic E-state index is 12.5. The van der Waals surface area contributed by atoms with E-state index in [0.29, 0.717) is 23.9 Å². The second-order valence-corrected chi connectivity index (χ2v) is 5.24. The number of rotatable bonds is 2. The molecule has 0 fully saturated rings. The quantitative estimate of drug-likeness (QED) is 0.534. The molecule has 5 nitrogen and oxygen atoms in total. The molecule has 112 valence electrons. The summed E-state index contributed by atoms with van der Waals surface area (Å²) in [6, 6.07) is 17.3. The molecule has 0 aliphatic carbocycles. The van der Waals surface area contributed by atoms with Crippen LogP contribution < -0.4 is 5.56 Å². The molecular weight excluding hydrogens is 288 g/mol. The van der Waals surface area contributed by atoms with Gasteiger partial charge in [0.15, 0.2) is 17.3 Å². The van der Waals surface area contributed by atoms with Gasteiger partial charge in [0.25, 0.3) is 0 Å². The van der Waals surface area contributed by atoms with Gasteiger partial charge in [-0.05, 0) is 19.1 Å². The van der Waals surface area contributed by atoms with E-state index in [2.05, 4.69) is 15.0 Å². The lowest BCUT2D eigenvalue weighted by atomic mass is 10.2. The molecule has 0 N–H and O–H groups in total. The minimum atomic E-state index is -0.346. The van der Waals surface area contributed by atoms with Crippen LogP contribution in [0.5, 0.6) is 0 Å². The molecule has 0 spiro atoms. The Hall–Kier alpha value is -3.08. The highest BCUT2D eigenvalue weighted by atomic mass is 16.1. The van der Waals surface area contributed by atoms with Crippen LogP contribution in [-0.2, 0) is 6.54 Å². The Bertz CT molecular complexity index is 1020. The molecular formula is C18H14N4O. The lowest BCUT2D eigenvalue weighted by Gasteiger charge is -2.15. The number of aromatic nitrogens is 4. The fraction of sp³-hybridized carbons (Fsp3) is 0.111. The van der Waals surface area contributed by atoms with E-state index in [9.17, 15) is 4.79 Å². The van der Waals surface area contributed by atoms with Crippen molar-refractivity contribution >= 4 is 11.0 Å². The Labute approximate surface area is 132 Å². The fourth-order valence-electron chi connectivity index (χ4n) is 2.77. The predicted octanol–water partition coefficient (Wildman–Crippen LogP) is 2.98. The first-order valence-electron chi connectivity index (χ1n) is 7.50. The summed E-state index contributed by atoms with van der Waals surface area (Å²) < 4.78 is 2.01. The molecule has 0 bridgehead atoms. The van der Waals surface area contributed by atoms with Crippen LogP contribution in [0.25, 0.3) is 33.9 Å². The van der Waals surface area contributed by atoms with Crippen molar-refractivity contribution in [3.63, 3.8) is 0 Å². The van der Waals surface area contributed by atoms with Gasteiger partial charge >= 0.3 is 5.56 Å². The molecule has 5 heteroatoms. The maximum atomic E-state index is 12.5. The third kappa shape index (κ3) is 2.17. The van der Waals surface area contributed by atoms with Gasteiger partial charge < -0.3 is 4.57 Å². The van der Waals surface area contributed by atoms with E-state index >= 15 is 0 Å². The van der Waals surface area contributed by atoms with Crippen molar-refractivity contribution in [2.45, 2.75) is 13.5 Å². The monoisotopic (exact) mass is 302 g/mol. The summed E-state index contributed by atoms with van der Waals surface area (Å²) in [5, 5.41) is 0. The van der Waals surface area contributed by atoms with Crippen molar-refractivity contribution in [2.24, 2.45) is 0 Å². The average Bonchev–Trinajstić information content (AvgIpc) is 2.61. The van der Waals surface area contributed by atoms with Crippen molar-refractivity contribution in [1.29, 1.82) is 0 Å². The molecule has 2 aromatic rings. The molecule has 0 aromatic heterocycles. The van der Waals surface area contributed by atoms with Crippen molar-refractivity contribution in [2.75, 3.05) is 0 Å². The first kappa shape index (κ1) is 13.6. The van der Waals surface area contributed by atoms with Crippen molar-refractivity contribution in [3.05, 3.63) is 65.0 Å². The first-order valence-corrected chi connectivity index (χ1v) is 7.50. The standard InChI is InChI=1S/C18H14N4O/c1-2-22-14-11-7-6-10-13(14)19-15-17(22)20-16(21-18(15)23)12-8-4-3-5-9-12/h3-11H,2H2,1H3. The molecule has 0 unspecified atom stereocenters. The van der Waals surface area contributed by atoms with Gasteiger partial charge in [0.1, 0.15) is 0 Å². The smallest absolute Gasteiger partial charge is 0.301 e. The zero-order valence-electron chi connectivity index (χ0n) is 12.6. The van der Waals surface area contributed by atoms with E-state index in [1.165, 1.54) is 0 Å². The fourth-order valence-corrected chi connectivity index (χ4v) is 2.77. The zero-order chi connectivity index (χ0) is 15.8. The Morgan fingerprint density at radius 3 is 2.43 bits per heavy atom. The molecule has 0 amide bonds. The van der Waals surface area contributed by atoms with Gasteiger partial charge in [-0.2, -0.15) is 4.98 Å². The highest BCUT2D eigenvalue weighted by Gasteiger charge is 2.19. The molecule has 4 rings (SSSR count). The minimum absolute atomic E-state index is 0.310. The van der Waals surface area contributed by atoms with Crippen molar-refractivity contribution in [3.8, 4) is 22.9 Å².